The van der Waals surface area contributed by atoms with Gasteiger partial charge in [-0.1, -0.05) is 154 Å². The van der Waals surface area contributed by atoms with Gasteiger partial charge in [0.2, 0.25) is 0 Å². The molecule has 0 saturated heterocycles. The highest BCUT2D eigenvalue weighted by molar-refractivity contribution is 6.73. The molecule has 3 aliphatic rings. The Kier molecular flexibility index (Phi) is 14.1. The average molecular weight is 477 g/mol. The SMILES string of the molecule is CO[Si](CCC1CCCCCCC1)(CCC1CCCCCCC1)CCC1CCCCCCC1. The predicted octanol–water partition coefficient (Wildman–Crippen LogP) is 10.8. The number of hydrogen-bond donors (Lipinski definition) is 0. The zero-order valence-corrected chi connectivity index (χ0v) is 23.7. The fraction of sp³-hybridized carbons (Fsp3) is 1.00. The Morgan fingerprint density at radius 3 is 0.909 bits per heavy atom. The first-order valence-corrected chi connectivity index (χ1v) is 18.4. The van der Waals surface area contributed by atoms with Crippen molar-refractivity contribution in [2.24, 2.45) is 17.8 Å². The van der Waals surface area contributed by atoms with E-state index in [0.717, 1.165) is 17.8 Å². The summed E-state index contributed by atoms with van der Waals surface area (Å²) in [5.74, 6) is 3.03. The molecule has 0 radical (unpaired) electrons. The van der Waals surface area contributed by atoms with Crippen LogP contribution in [0.4, 0.5) is 0 Å². The normalized spacial score (nSPS) is 24.3. The molecule has 0 heterocycles. The molecular weight excluding hydrogens is 416 g/mol. The molecule has 2 heteroatoms. The van der Waals surface area contributed by atoms with Crippen molar-refractivity contribution < 1.29 is 4.43 Å². The smallest absolute Gasteiger partial charge is 0.192 e. The van der Waals surface area contributed by atoms with E-state index in [2.05, 4.69) is 7.11 Å². The maximum atomic E-state index is 6.72. The lowest BCUT2D eigenvalue weighted by Crippen LogP contribution is -2.38. The third-order valence-electron chi connectivity index (χ3n) is 10.1. The van der Waals surface area contributed by atoms with E-state index >= 15 is 0 Å². The Balaban J connectivity index is 1.57. The standard InChI is InChI=1S/C31H60OSi/c1-32-33(26-23-29-17-11-5-2-6-12-18-29,27-24-30-19-13-7-3-8-14-20-30)28-25-31-21-15-9-4-10-16-22-31/h29-31H,2-28H2,1H3. The summed E-state index contributed by atoms with van der Waals surface area (Å²) in [5.41, 5.74) is 0. The van der Waals surface area contributed by atoms with E-state index in [1.807, 2.05) is 0 Å². The number of rotatable bonds is 10. The Morgan fingerprint density at radius 2 is 0.667 bits per heavy atom. The van der Waals surface area contributed by atoms with Gasteiger partial charge in [-0.2, -0.15) is 0 Å². The van der Waals surface area contributed by atoms with Crippen molar-refractivity contribution in [3.05, 3.63) is 0 Å². The van der Waals surface area contributed by atoms with Crippen LogP contribution in [-0.4, -0.2) is 15.4 Å². The topological polar surface area (TPSA) is 9.23 Å². The second kappa shape index (κ2) is 16.8. The van der Waals surface area contributed by atoms with E-state index in [0.29, 0.717) is 0 Å². The summed E-state index contributed by atoms with van der Waals surface area (Å²) in [4.78, 5) is 0. The van der Waals surface area contributed by atoms with Gasteiger partial charge in [-0.15, -0.1) is 0 Å². The molecule has 0 aromatic heterocycles. The minimum absolute atomic E-state index is 1.01. The van der Waals surface area contributed by atoms with Gasteiger partial charge in [0.25, 0.3) is 0 Å². The van der Waals surface area contributed by atoms with Gasteiger partial charge in [0.1, 0.15) is 0 Å². The van der Waals surface area contributed by atoms with Crippen molar-refractivity contribution in [3.63, 3.8) is 0 Å². The third kappa shape index (κ3) is 11.2. The van der Waals surface area contributed by atoms with Gasteiger partial charge in [0.15, 0.2) is 8.32 Å². The molecule has 0 spiro atoms. The molecule has 0 amide bonds. The molecule has 0 bridgehead atoms. The molecule has 0 unspecified atom stereocenters. The Morgan fingerprint density at radius 1 is 0.424 bits per heavy atom. The highest BCUT2D eigenvalue weighted by Crippen LogP contribution is 2.38. The fourth-order valence-electron chi connectivity index (χ4n) is 7.57. The first-order chi connectivity index (χ1) is 16.3. The second-order valence-corrected chi connectivity index (χ2v) is 16.9. The van der Waals surface area contributed by atoms with Crippen LogP contribution in [-0.2, 0) is 4.43 Å². The van der Waals surface area contributed by atoms with Crippen LogP contribution >= 0.6 is 0 Å². The molecule has 3 aliphatic carbocycles. The highest BCUT2D eigenvalue weighted by Gasteiger charge is 2.35. The number of hydrogen-bond acceptors (Lipinski definition) is 1. The molecule has 0 aromatic rings. The van der Waals surface area contributed by atoms with Crippen LogP contribution < -0.4 is 0 Å². The summed E-state index contributed by atoms with van der Waals surface area (Å²) in [6, 6.07) is 4.44. The summed E-state index contributed by atoms with van der Waals surface area (Å²) in [7, 11) is 0.531. The highest BCUT2D eigenvalue weighted by atomic mass is 28.4. The molecule has 33 heavy (non-hydrogen) atoms. The average Bonchev–Trinajstić information content (AvgIpc) is 2.76. The van der Waals surface area contributed by atoms with Crippen LogP contribution in [0.25, 0.3) is 0 Å². The minimum Gasteiger partial charge on any atom is -0.420 e. The molecular formula is C31H60OSi. The maximum absolute atomic E-state index is 6.72. The van der Waals surface area contributed by atoms with Gasteiger partial charge in [-0.05, 0) is 35.9 Å². The molecule has 3 rings (SSSR count). The van der Waals surface area contributed by atoms with E-state index in [-0.39, 0.29) is 0 Å². The summed E-state index contributed by atoms with van der Waals surface area (Å²) in [6.07, 6.45) is 36.0. The van der Waals surface area contributed by atoms with Crippen LogP contribution in [0.2, 0.25) is 18.1 Å². The minimum atomic E-state index is -1.61. The predicted molar refractivity (Wildman–Crippen MR) is 148 cm³/mol. The van der Waals surface area contributed by atoms with Crippen LogP contribution in [0.5, 0.6) is 0 Å². The second-order valence-electron chi connectivity index (χ2n) is 12.6. The van der Waals surface area contributed by atoms with E-state index in [4.69, 9.17) is 4.43 Å². The van der Waals surface area contributed by atoms with Gasteiger partial charge in [0.05, 0.1) is 0 Å². The van der Waals surface area contributed by atoms with Crippen molar-refractivity contribution >= 4 is 8.32 Å². The molecule has 1 nitrogen and oxygen atoms in total. The molecule has 0 aliphatic heterocycles. The van der Waals surface area contributed by atoms with Crippen LogP contribution in [0, 0.1) is 17.8 Å². The van der Waals surface area contributed by atoms with Gasteiger partial charge >= 0.3 is 0 Å². The molecule has 3 saturated carbocycles. The summed E-state index contributed by atoms with van der Waals surface area (Å²) in [5, 5.41) is 0. The zero-order chi connectivity index (χ0) is 23.0. The maximum Gasteiger partial charge on any atom is 0.192 e. The van der Waals surface area contributed by atoms with Crippen molar-refractivity contribution in [2.45, 2.75) is 172 Å². The summed E-state index contributed by atoms with van der Waals surface area (Å²) >= 11 is 0. The van der Waals surface area contributed by atoms with Crippen molar-refractivity contribution in [3.8, 4) is 0 Å². The first kappa shape index (κ1) is 27.8. The molecule has 0 atom stereocenters. The first-order valence-electron chi connectivity index (χ1n) is 15.8. The Labute approximate surface area is 209 Å². The molecule has 0 aromatic carbocycles. The Bertz CT molecular complexity index is 389. The Hall–Kier alpha value is 0.177. The van der Waals surface area contributed by atoms with E-state index in [1.165, 1.54) is 172 Å². The molecule has 0 N–H and O–H groups in total. The van der Waals surface area contributed by atoms with Crippen molar-refractivity contribution in [1.29, 1.82) is 0 Å². The van der Waals surface area contributed by atoms with Crippen LogP contribution in [0.1, 0.15) is 154 Å². The van der Waals surface area contributed by atoms with Crippen molar-refractivity contribution in [2.75, 3.05) is 7.11 Å². The monoisotopic (exact) mass is 476 g/mol. The fourth-order valence-corrected chi connectivity index (χ4v) is 11.7. The lowest BCUT2D eigenvalue weighted by molar-refractivity contribution is 0.324. The molecule has 3 fully saturated rings. The van der Waals surface area contributed by atoms with Gasteiger partial charge in [-0.25, -0.2) is 0 Å². The summed E-state index contributed by atoms with van der Waals surface area (Å²) in [6.45, 7) is 0. The van der Waals surface area contributed by atoms with Gasteiger partial charge in [0, 0.05) is 7.11 Å². The van der Waals surface area contributed by atoms with E-state index in [1.54, 1.807) is 0 Å². The summed E-state index contributed by atoms with van der Waals surface area (Å²) < 4.78 is 6.72. The van der Waals surface area contributed by atoms with E-state index < -0.39 is 8.32 Å². The zero-order valence-electron chi connectivity index (χ0n) is 22.7. The van der Waals surface area contributed by atoms with E-state index in [9.17, 15) is 0 Å². The quantitative estimate of drug-likeness (QED) is 0.285. The largest absolute Gasteiger partial charge is 0.420 e. The third-order valence-corrected chi connectivity index (χ3v) is 14.6. The van der Waals surface area contributed by atoms with Crippen molar-refractivity contribution in [1.82, 2.24) is 0 Å². The van der Waals surface area contributed by atoms with Gasteiger partial charge < -0.3 is 4.43 Å². The molecule has 194 valence electrons. The van der Waals surface area contributed by atoms with Gasteiger partial charge in [-0.3, -0.25) is 0 Å². The lowest BCUT2D eigenvalue weighted by Gasteiger charge is -2.35. The van der Waals surface area contributed by atoms with Crippen LogP contribution in [0.15, 0.2) is 0 Å². The van der Waals surface area contributed by atoms with Crippen LogP contribution in [0.3, 0.4) is 0 Å². The lowest BCUT2D eigenvalue weighted by atomic mass is 9.89.